The summed E-state index contributed by atoms with van der Waals surface area (Å²) < 4.78 is 4.79. The van der Waals surface area contributed by atoms with Crippen molar-refractivity contribution >= 4 is 11.7 Å². The zero-order valence-electron chi connectivity index (χ0n) is 7.53. The molecule has 0 atom stereocenters. The van der Waals surface area contributed by atoms with Crippen LogP contribution in [0.15, 0.2) is 18.2 Å². The van der Waals surface area contributed by atoms with Crippen LogP contribution in [0.3, 0.4) is 0 Å². The number of aromatic carboxylic acids is 1. The predicted octanol–water partition coefficient (Wildman–Crippen LogP) is -3.36. The number of nitrogen functional groups attached to an aromatic ring is 1. The van der Waals surface area contributed by atoms with E-state index in [2.05, 4.69) is 0 Å². The van der Waals surface area contributed by atoms with Crippen molar-refractivity contribution in [3.63, 3.8) is 0 Å². The van der Waals surface area contributed by atoms with Gasteiger partial charge in [-0.05, 0) is 18.2 Å². The summed E-state index contributed by atoms with van der Waals surface area (Å²) in [5.41, 5.74) is 5.71. The van der Waals surface area contributed by atoms with Crippen molar-refractivity contribution in [2.45, 2.75) is 0 Å². The molecule has 64 valence electrons. The third-order valence-corrected chi connectivity index (χ3v) is 1.44. The zero-order valence-corrected chi connectivity index (χ0v) is 9.53. The van der Waals surface area contributed by atoms with E-state index in [0.29, 0.717) is 5.69 Å². The van der Waals surface area contributed by atoms with Crippen LogP contribution in [0.5, 0.6) is 5.75 Å². The molecule has 0 saturated carbocycles. The molecule has 0 aliphatic heterocycles. The number of methoxy groups -OCH3 is 1. The molecule has 0 heterocycles. The van der Waals surface area contributed by atoms with Crippen molar-refractivity contribution in [3.05, 3.63) is 23.8 Å². The molecule has 5 heteroatoms. The summed E-state index contributed by atoms with van der Waals surface area (Å²) in [4.78, 5) is 10.5. The Labute approximate surface area is 98.0 Å². The molecular weight excluding hydrogens is 181 g/mol. The van der Waals surface area contributed by atoms with E-state index < -0.39 is 5.97 Å². The van der Waals surface area contributed by atoms with E-state index in [4.69, 9.17) is 10.5 Å². The molecule has 0 aliphatic carbocycles. The number of hydrogen-bond acceptors (Lipinski definition) is 4. The normalized spacial score (nSPS) is 8.69. The van der Waals surface area contributed by atoms with Crippen molar-refractivity contribution < 1.29 is 44.2 Å². The maximum atomic E-state index is 10.5. The number of rotatable bonds is 2. The summed E-state index contributed by atoms with van der Waals surface area (Å²) >= 11 is 0. The molecule has 1 rings (SSSR count). The number of ether oxygens (including phenoxy) is 1. The molecule has 4 nitrogen and oxygen atoms in total. The largest absolute Gasteiger partial charge is 1.00 e. The molecule has 0 spiro atoms. The van der Waals surface area contributed by atoms with E-state index in [1.165, 1.54) is 19.2 Å². The molecule has 13 heavy (non-hydrogen) atoms. The van der Waals surface area contributed by atoms with Crippen LogP contribution in [0.25, 0.3) is 0 Å². The average Bonchev–Trinajstić information content (AvgIpc) is 2.04. The Morgan fingerprint density at radius 2 is 2.15 bits per heavy atom. The van der Waals surface area contributed by atoms with Gasteiger partial charge in [0, 0.05) is 11.3 Å². The molecule has 0 fully saturated rings. The maximum Gasteiger partial charge on any atom is 1.00 e. The minimum atomic E-state index is -1.29. The van der Waals surface area contributed by atoms with E-state index in [0.717, 1.165) is 0 Å². The number of hydrogen-bond donors (Lipinski definition) is 1. The molecule has 1 aromatic carbocycles. The van der Waals surface area contributed by atoms with Gasteiger partial charge in [0.15, 0.2) is 0 Å². The fourth-order valence-electron chi connectivity index (χ4n) is 0.885. The van der Waals surface area contributed by atoms with Gasteiger partial charge in [0.2, 0.25) is 0 Å². The maximum absolute atomic E-state index is 10.5. The number of nitrogens with two attached hydrogens (primary N) is 1. The molecule has 0 aromatic heterocycles. The number of carbonyl (C=O) groups excluding carboxylic acids is 1. The van der Waals surface area contributed by atoms with Gasteiger partial charge >= 0.3 is 29.6 Å². The van der Waals surface area contributed by atoms with Gasteiger partial charge in [-0.15, -0.1) is 0 Å². The van der Waals surface area contributed by atoms with Crippen LogP contribution in [0.1, 0.15) is 10.4 Å². The Balaban J connectivity index is 0.00000144. The second kappa shape index (κ2) is 5.11. The Morgan fingerprint density at radius 3 is 2.62 bits per heavy atom. The molecule has 0 bridgehead atoms. The first kappa shape index (κ1) is 12.3. The fourth-order valence-corrected chi connectivity index (χ4v) is 0.885. The van der Waals surface area contributed by atoms with Crippen LogP contribution < -0.4 is 45.1 Å². The molecule has 0 unspecified atom stereocenters. The second-order valence-electron chi connectivity index (χ2n) is 2.25. The van der Waals surface area contributed by atoms with E-state index in [-0.39, 0.29) is 40.9 Å². The standard InChI is InChI=1S/C8H9NO3.Na/c1-12-7-3-2-5(9)4-6(7)8(10)11;/h2-4H,9H2,1H3,(H,10,11);/q;+1/p-1. The Kier molecular flexibility index (Phi) is 4.83. The molecule has 2 N–H and O–H groups in total. The fraction of sp³-hybridized carbons (Fsp3) is 0.125. The SMILES string of the molecule is COc1ccc(N)cc1C(=O)[O-].[Na+]. The van der Waals surface area contributed by atoms with Gasteiger partial charge in [-0.25, -0.2) is 0 Å². The summed E-state index contributed by atoms with van der Waals surface area (Å²) in [6, 6.07) is 4.35. The molecular formula is C8H8NNaO3. The van der Waals surface area contributed by atoms with Gasteiger partial charge in [-0.2, -0.15) is 0 Å². The topological polar surface area (TPSA) is 75.4 Å². The van der Waals surface area contributed by atoms with E-state index >= 15 is 0 Å². The quantitative estimate of drug-likeness (QED) is 0.389. The first-order valence-electron chi connectivity index (χ1n) is 3.30. The van der Waals surface area contributed by atoms with Crippen LogP contribution in [-0.2, 0) is 0 Å². The van der Waals surface area contributed by atoms with Gasteiger partial charge < -0.3 is 20.4 Å². The van der Waals surface area contributed by atoms with Crippen molar-refractivity contribution in [1.29, 1.82) is 0 Å². The van der Waals surface area contributed by atoms with Gasteiger partial charge in [-0.1, -0.05) is 0 Å². The van der Waals surface area contributed by atoms with Crippen LogP contribution in [-0.4, -0.2) is 13.1 Å². The molecule has 0 amide bonds. The van der Waals surface area contributed by atoms with Crippen molar-refractivity contribution in [2.24, 2.45) is 0 Å². The summed E-state index contributed by atoms with van der Waals surface area (Å²) in [5.74, 6) is -1.04. The van der Waals surface area contributed by atoms with E-state index in [1.807, 2.05) is 0 Å². The number of anilines is 1. The van der Waals surface area contributed by atoms with Crippen LogP contribution in [0, 0.1) is 0 Å². The number of carbonyl (C=O) groups is 1. The zero-order chi connectivity index (χ0) is 9.14. The number of benzene rings is 1. The third-order valence-electron chi connectivity index (χ3n) is 1.44. The number of carboxylic acid groups (broad SMARTS) is 1. The summed E-state index contributed by atoms with van der Waals surface area (Å²) in [7, 11) is 1.39. The van der Waals surface area contributed by atoms with Gasteiger partial charge in [-0.3, -0.25) is 0 Å². The van der Waals surface area contributed by atoms with Crippen molar-refractivity contribution in [2.75, 3.05) is 12.8 Å². The Bertz CT molecular complexity index is 314. The van der Waals surface area contributed by atoms with Crippen molar-refractivity contribution in [1.82, 2.24) is 0 Å². The number of carboxylic acids is 1. The van der Waals surface area contributed by atoms with Crippen LogP contribution in [0.2, 0.25) is 0 Å². The average molecular weight is 189 g/mol. The van der Waals surface area contributed by atoms with Crippen LogP contribution in [0.4, 0.5) is 5.69 Å². The summed E-state index contributed by atoms with van der Waals surface area (Å²) in [5, 5.41) is 10.5. The molecule has 0 aliphatic rings. The summed E-state index contributed by atoms with van der Waals surface area (Å²) in [6.45, 7) is 0. The Hall–Kier alpha value is -0.710. The molecule has 0 radical (unpaired) electrons. The minimum Gasteiger partial charge on any atom is -0.545 e. The smallest absolute Gasteiger partial charge is 0.545 e. The van der Waals surface area contributed by atoms with E-state index in [9.17, 15) is 9.90 Å². The van der Waals surface area contributed by atoms with Gasteiger partial charge in [0.25, 0.3) is 0 Å². The molecule has 1 aromatic rings. The second-order valence-corrected chi connectivity index (χ2v) is 2.25. The van der Waals surface area contributed by atoms with Gasteiger partial charge in [0.05, 0.1) is 13.1 Å². The first-order chi connectivity index (χ1) is 5.65. The first-order valence-corrected chi connectivity index (χ1v) is 3.30. The predicted molar refractivity (Wildman–Crippen MR) is 41.7 cm³/mol. The molecule has 0 saturated heterocycles. The Morgan fingerprint density at radius 1 is 1.54 bits per heavy atom. The summed E-state index contributed by atoms with van der Waals surface area (Å²) in [6.07, 6.45) is 0. The van der Waals surface area contributed by atoms with E-state index in [1.54, 1.807) is 6.07 Å². The third kappa shape index (κ3) is 2.91. The monoisotopic (exact) mass is 189 g/mol. The van der Waals surface area contributed by atoms with Crippen LogP contribution >= 0.6 is 0 Å². The van der Waals surface area contributed by atoms with Gasteiger partial charge in [0.1, 0.15) is 5.75 Å². The van der Waals surface area contributed by atoms with Crippen molar-refractivity contribution in [3.8, 4) is 5.75 Å². The minimum absolute atomic E-state index is 0.